The number of hydrogen-bond donors (Lipinski definition) is 1. The Balaban J connectivity index is 0.00000228. The van der Waals surface area contributed by atoms with Crippen molar-refractivity contribution in [1.82, 2.24) is 14.8 Å². The molecule has 2 fully saturated rings. The molecule has 1 amide bonds. The SMILES string of the molecule is Cl.O=C(Cc1ccc2ncccc2c1)Nc1ccc(-n2nc(C3CC3)cc2C2CC2)c(F)c1. The topological polar surface area (TPSA) is 59.8 Å². The van der Waals surface area contributed by atoms with Gasteiger partial charge in [0.15, 0.2) is 5.82 Å². The second kappa shape index (κ2) is 8.60. The number of halogens is 2. The Labute approximate surface area is 197 Å². The lowest BCUT2D eigenvalue weighted by molar-refractivity contribution is -0.115. The fourth-order valence-electron chi connectivity index (χ4n) is 4.24. The quantitative estimate of drug-likeness (QED) is 0.387. The first-order valence-corrected chi connectivity index (χ1v) is 11.2. The number of hydrogen-bond acceptors (Lipinski definition) is 3. The van der Waals surface area contributed by atoms with Gasteiger partial charge in [0.2, 0.25) is 5.91 Å². The van der Waals surface area contributed by atoms with Gasteiger partial charge in [0.25, 0.3) is 0 Å². The first kappa shape index (κ1) is 21.6. The second-order valence-electron chi connectivity index (χ2n) is 8.88. The van der Waals surface area contributed by atoms with E-state index in [1.54, 1.807) is 23.0 Å². The highest BCUT2D eigenvalue weighted by Crippen LogP contribution is 2.45. The van der Waals surface area contributed by atoms with E-state index in [-0.39, 0.29) is 30.6 Å². The molecule has 0 unspecified atom stereocenters. The van der Waals surface area contributed by atoms with Crippen molar-refractivity contribution < 1.29 is 9.18 Å². The van der Waals surface area contributed by atoms with Gasteiger partial charge in [-0.2, -0.15) is 5.10 Å². The van der Waals surface area contributed by atoms with Crippen LogP contribution in [0.2, 0.25) is 0 Å². The molecule has 0 atom stereocenters. The van der Waals surface area contributed by atoms with Gasteiger partial charge in [-0.05, 0) is 73.7 Å². The van der Waals surface area contributed by atoms with Gasteiger partial charge in [-0.15, -0.1) is 12.4 Å². The third-order valence-electron chi connectivity index (χ3n) is 6.24. The number of rotatable bonds is 6. The fourth-order valence-corrected chi connectivity index (χ4v) is 4.24. The minimum Gasteiger partial charge on any atom is -0.326 e. The lowest BCUT2D eigenvalue weighted by Crippen LogP contribution is -2.15. The third kappa shape index (κ3) is 4.48. The smallest absolute Gasteiger partial charge is 0.228 e. The summed E-state index contributed by atoms with van der Waals surface area (Å²) in [4.78, 5) is 16.9. The number of pyridine rings is 1. The molecular weight excluding hydrogens is 439 g/mol. The van der Waals surface area contributed by atoms with E-state index in [0.29, 0.717) is 23.2 Å². The maximum Gasteiger partial charge on any atom is 0.228 e. The second-order valence-corrected chi connectivity index (χ2v) is 8.88. The number of fused-ring (bicyclic) bond motifs is 1. The molecule has 0 spiro atoms. The normalized spacial score (nSPS) is 15.3. The van der Waals surface area contributed by atoms with Crippen LogP contribution in [0, 0.1) is 5.82 Å². The maximum absolute atomic E-state index is 15.1. The Morgan fingerprint density at radius 2 is 1.85 bits per heavy atom. The molecule has 33 heavy (non-hydrogen) atoms. The number of benzene rings is 2. The molecule has 2 aromatic carbocycles. The first-order valence-electron chi connectivity index (χ1n) is 11.2. The van der Waals surface area contributed by atoms with Gasteiger partial charge in [-0.1, -0.05) is 12.1 Å². The fraction of sp³-hybridized carbons (Fsp3) is 0.269. The summed E-state index contributed by atoms with van der Waals surface area (Å²) in [5.41, 5.74) is 4.85. The van der Waals surface area contributed by atoms with Crippen LogP contribution in [0.5, 0.6) is 0 Å². The Morgan fingerprint density at radius 1 is 1.03 bits per heavy atom. The molecule has 7 heteroatoms. The molecule has 5 nitrogen and oxygen atoms in total. The van der Waals surface area contributed by atoms with Crippen LogP contribution in [0.4, 0.5) is 10.1 Å². The highest BCUT2D eigenvalue weighted by molar-refractivity contribution is 5.93. The highest BCUT2D eigenvalue weighted by Gasteiger charge is 2.33. The number of nitrogens with one attached hydrogen (secondary N) is 1. The number of carbonyl (C=O) groups is 1. The number of carbonyl (C=O) groups excluding carboxylic acids is 1. The summed E-state index contributed by atoms with van der Waals surface area (Å²) in [5.74, 6) is 0.438. The maximum atomic E-state index is 15.1. The number of nitrogens with zero attached hydrogens (tertiary/aromatic N) is 3. The first-order chi connectivity index (χ1) is 15.6. The van der Waals surface area contributed by atoms with Gasteiger partial charge in [-0.25, -0.2) is 9.07 Å². The highest BCUT2D eigenvalue weighted by atomic mass is 35.5. The zero-order chi connectivity index (χ0) is 21.7. The van der Waals surface area contributed by atoms with Crippen LogP contribution in [0.25, 0.3) is 16.6 Å². The van der Waals surface area contributed by atoms with Gasteiger partial charge in [0.1, 0.15) is 5.69 Å². The zero-order valence-corrected chi connectivity index (χ0v) is 18.8. The van der Waals surface area contributed by atoms with Crippen molar-refractivity contribution in [3.8, 4) is 5.69 Å². The molecule has 168 valence electrons. The van der Waals surface area contributed by atoms with E-state index in [1.807, 2.05) is 30.3 Å². The summed E-state index contributed by atoms with van der Waals surface area (Å²) in [5, 5.41) is 8.53. The van der Waals surface area contributed by atoms with E-state index in [2.05, 4.69) is 16.4 Å². The van der Waals surface area contributed by atoms with Crippen molar-refractivity contribution in [1.29, 1.82) is 0 Å². The van der Waals surface area contributed by atoms with E-state index < -0.39 is 0 Å². The molecule has 0 aliphatic heterocycles. The van der Waals surface area contributed by atoms with Gasteiger partial charge >= 0.3 is 0 Å². The molecule has 0 radical (unpaired) electrons. The molecule has 0 bridgehead atoms. The van der Waals surface area contributed by atoms with Gasteiger partial charge in [-0.3, -0.25) is 9.78 Å². The molecule has 2 heterocycles. The number of aromatic nitrogens is 3. The number of amides is 1. The molecule has 4 aromatic rings. The van der Waals surface area contributed by atoms with E-state index in [9.17, 15) is 4.79 Å². The predicted molar refractivity (Wildman–Crippen MR) is 129 cm³/mol. The lowest BCUT2D eigenvalue weighted by Gasteiger charge is -2.11. The largest absolute Gasteiger partial charge is 0.326 e. The molecule has 2 aliphatic rings. The summed E-state index contributed by atoms with van der Waals surface area (Å²) >= 11 is 0. The van der Waals surface area contributed by atoms with Crippen LogP contribution in [-0.4, -0.2) is 20.7 Å². The van der Waals surface area contributed by atoms with Crippen molar-refractivity contribution in [3.63, 3.8) is 0 Å². The van der Waals surface area contributed by atoms with Crippen LogP contribution in [0.1, 0.15) is 54.5 Å². The summed E-state index contributed by atoms with van der Waals surface area (Å²) in [7, 11) is 0. The summed E-state index contributed by atoms with van der Waals surface area (Å²) in [6.45, 7) is 0. The van der Waals surface area contributed by atoms with Crippen molar-refractivity contribution in [2.24, 2.45) is 0 Å². The van der Waals surface area contributed by atoms with Crippen LogP contribution < -0.4 is 5.32 Å². The van der Waals surface area contributed by atoms with E-state index in [1.165, 1.54) is 18.9 Å². The van der Waals surface area contributed by atoms with E-state index >= 15 is 4.39 Å². The average Bonchev–Trinajstić information content (AvgIpc) is 3.72. The molecular formula is C26H24ClFN4O. The zero-order valence-electron chi connectivity index (χ0n) is 18.0. The minimum absolute atomic E-state index is 0. The Morgan fingerprint density at radius 3 is 2.61 bits per heavy atom. The van der Waals surface area contributed by atoms with Gasteiger partial charge < -0.3 is 5.32 Å². The van der Waals surface area contributed by atoms with Crippen LogP contribution in [0.3, 0.4) is 0 Å². The summed E-state index contributed by atoms with van der Waals surface area (Å²) in [6.07, 6.45) is 6.57. The molecule has 6 rings (SSSR count). The number of anilines is 1. The van der Waals surface area contributed by atoms with Crippen molar-refractivity contribution in [2.75, 3.05) is 5.32 Å². The standard InChI is InChI=1S/C26H23FN4O.ClH/c27-21-14-20(29-26(32)13-16-3-9-22-19(12-16)2-1-11-28-22)8-10-24(21)31-25(18-6-7-18)15-23(30-31)17-4-5-17;/h1-3,8-12,14-15,17-18H,4-7,13H2,(H,29,32);1H. The Kier molecular flexibility index (Phi) is 5.62. The molecule has 2 aliphatic carbocycles. The van der Waals surface area contributed by atoms with Crippen LogP contribution >= 0.6 is 12.4 Å². The average molecular weight is 463 g/mol. The Hall–Kier alpha value is -3.25. The van der Waals surface area contributed by atoms with E-state index in [4.69, 9.17) is 5.10 Å². The monoisotopic (exact) mass is 462 g/mol. The van der Waals surface area contributed by atoms with E-state index in [0.717, 1.165) is 40.7 Å². The predicted octanol–water partition coefficient (Wildman–Crippen LogP) is 5.92. The lowest BCUT2D eigenvalue weighted by atomic mass is 10.1. The van der Waals surface area contributed by atoms with Crippen LogP contribution in [0.15, 0.2) is 60.8 Å². The van der Waals surface area contributed by atoms with Crippen molar-refractivity contribution in [2.45, 2.75) is 43.9 Å². The molecule has 1 N–H and O–H groups in total. The summed E-state index contributed by atoms with van der Waals surface area (Å²) < 4.78 is 16.8. The molecule has 2 aromatic heterocycles. The van der Waals surface area contributed by atoms with Gasteiger partial charge in [0, 0.05) is 34.8 Å². The third-order valence-corrected chi connectivity index (χ3v) is 6.24. The molecule has 2 saturated carbocycles. The van der Waals surface area contributed by atoms with Crippen molar-refractivity contribution in [3.05, 3.63) is 83.6 Å². The van der Waals surface area contributed by atoms with Crippen molar-refractivity contribution >= 4 is 34.9 Å². The molecule has 0 saturated heterocycles. The summed E-state index contributed by atoms with van der Waals surface area (Å²) in [6, 6.07) is 16.6. The van der Waals surface area contributed by atoms with Gasteiger partial charge in [0.05, 0.1) is 17.6 Å². The Bertz CT molecular complexity index is 1340. The minimum atomic E-state index is -0.382. The van der Waals surface area contributed by atoms with Crippen LogP contribution in [-0.2, 0) is 11.2 Å².